The number of hydrogen-bond acceptors (Lipinski definition) is 6. The van der Waals surface area contributed by atoms with Crippen molar-refractivity contribution in [3.8, 4) is 11.4 Å². The molecule has 3 aromatic heterocycles. The van der Waals surface area contributed by atoms with E-state index in [0.29, 0.717) is 13.1 Å². The summed E-state index contributed by atoms with van der Waals surface area (Å²) in [6.07, 6.45) is 3.22. The first-order valence-electron chi connectivity index (χ1n) is 10.1. The van der Waals surface area contributed by atoms with Crippen LogP contribution in [0.25, 0.3) is 11.4 Å². The smallest absolute Gasteiger partial charge is 0.233 e. The molecule has 0 N–H and O–H groups in total. The summed E-state index contributed by atoms with van der Waals surface area (Å²) in [5, 5.41) is 9.48. The van der Waals surface area contributed by atoms with E-state index in [0.717, 1.165) is 40.2 Å². The first kappa shape index (κ1) is 21.0. The Bertz CT molecular complexity index is 1080. The monoisotopic (exact) mass is 436 g/mol. The molecule has 3 heterocycles. The molecule has 0 atom stereocenters. The molecule has 1 aromatic carbocycles. The first-order chi connectivity index (χ1) is 15.2. The van der Waals surface area contributed by atoms with Gasteiger partial charge >= 0.3 is 0 Å². The third kappa shape index (κ3) is 4.91. The zero-order valence-electron chi connectivity index (χ0n) is 17.5. The summed E-state index contributed by atoms with van der Waals surface area (Å²) in [5.41, 5.74) is 2.19. The molecule has 0 spiro atoms. The number of nitrogens with zero attached hydrogens (tertiary/aromatic N) is 4. The Morgan fingerprint density at radius 1 is 1.00 bits per heavy atom. The van der Waals surface area contributed by atoms with E-state index in [9.17, 15) is 4.79 Å². The molecule has 0 saturated heterocycles. The summed E-state index contributed by atoms with van der Waals surface area (Å²) < 4.78 is 12.9. The lowest BCUT2D eigenvalue weighted by Crippen LogP contribution is -2.31. The number of furan rings is 2. The van der Waals surface area contributed by atoms with Gasteiger partial charge in [-0.25, -0.2) is 0 Å². The highest BCUT2D eigenvalue weighted by atomic mass is 32.2. The normalized spacial score (nSPS) is 11.0. The van der Waals surface area contributed by atoms with Gasteiger partial charge in [0.25, 0.3) is 0 Å². The van der Waals surface area contributed by atoms with Crippen molar-refractivity contribution < 1.29 is 13.6 Å². The van der Waals surface area contributed by atoms with E-state index in [4.69, 9.17) is 8.83 Å². The molecule has 4 aromatic rings. The number of benzene rings is 1. The topological polar surface area (TPSA) is 77.3 Å². The van der Waals surface area contributed by atoms with Gasteiger partial charge in [-0.05, 0) is 43.7 Å². The second kappa shape index (κ2) is 9.70. The van der Waals surface area contributed by atoms with Crippen molar-refractivity contribution in [2.24, 2.45) is 0 Å². The van der Waals surface area contributed by atoms with Crippen LogP contribution in [0.3, 0.4) is 0 Å². The third-order valence-electron chi connectivity index (χ3n) is 4.95. The Morgan fingerprint density at radius 2 is 1.68 bits per heavy atom. The van der Waals surface area contributed by atoms with Crippen molar-refractivity contribution in [2.75, 3.05) is 5.75 Å². The number of carbonyl (C=O) groups excluding carboxylic acids is 1. The summed E-state index contributed by atoms with van der Waals surface area (Å²) in [5.74, 6) is 2.49. The fourth-order valence-corrected chi connectivity index (χ4v) is 4.24. The molecule has 160 valence electrons. The van der Waals surface area contributed by atoms with Gasteiger partial charge in [0.15, 0.2) is 11.0 Å². The van der Waals surface area contributed by atoms with Gasteiger partial charge in [0.1, 0.15) is 11.5 Å². The predicted octanol–water partition coefficient (Wildman–Crippen LogP) is 4.78. The first-order valence-corrected chi connectivity index (χ1v) is 11.1. The molecule has 0 fully saturated rings. The minimum Gasteiger partial charge on any atom is -0.467 e. The van der Waals surface area contributed by atoms with Crippen LogP contribution in [0.15, 0.2) is 75.0 Å². The average molecular weight is 437 g/mol. The van der Waals surface area contributed by atoms with E-state index in [1.807, 2.05) is 47.0 Å². The lowest BCUT2D eigenvalue weighted by Gasteiger charge is -2.20. The van der Waals surface area contributed by atoms with Crippen LogP contribution in [0.1, 0.15) is 24.0 Å². The molecule has 1 amide bonds. The van der Waals surface area contributed by atoms with Crippen LogP contribution in [0.4, 0.5) is 0 Å². The van der Waals surface area contributed by atoms with Crippen LogP contribution in [-0.4, -0.2) is 31.3 Å². The van der Waals surface area contributed by atoms with Crippen molar-refractivity contribution in [1.29, 1.82) is 0 Å². The zero-order valence-corrected chi connectivity index (χ0v) is 18.3. The summed E-state index contributed by atoms with van der Waals surface area (Å²) >= 11 is 1.39. The lowest BCUT2D eigenvalue weighted by molar-refractivity contribution is -0.130. The molecule has 31 heavy (non-hydrogen) atoms. The molecule has 8 heteroatoms. The Morgan fingerprint density at radius 3 is 2.26 bits per heavy atom. The van der Waals surface area contributed by atoms with Gasteiger partial charge in [-0.2, -0.15) is 0 Å². The Balaban J connectivity index is 1.49. The lowest BCUT2D eigenvalue weighted by atomic mass is 10.1. The van der Waals surface area contributed by atoms with Crippen molar-refractivity contribution in [3.05, 3.63) is 78.1 Å². The van der Waals surface area contributed by atoms with Gasteiger partial charge in [-0.1, -0.05) is 36.0 Å². The summed E-state index contributed by atoms with van der Waals surface area (Å²) in [4.78, 5) is 14.8. The summed E-state index contributed by atoms with van der Waals surface area (Å²) in [7, 11) is 0. The van der Waals surface area contributed by atoms with Gasteiger partial charge in [0.05, 0.1) is 31.4 Å². The molecule has 0 radical (unpaired) electrons. The highest BCUT2D eigenvalue weighted by Gasteiger charge is 2.20. The van der Waals surface area contributed by atoms with E-state index in [2.05, 4.69) is 30.1 Å². The van der Waals surface area contributed by atoms with Crippen LogP contribution in [-0.2, 0) is 24.4 Å². The van der Waals surface area contributed by atoms with E-state index >= 15 is 0 Å². The van der Waals surface area contributed by atoms with E-state index in [1.165, 1.54) is 11.8 Å². The number of aromatic nitrogens is 3. The second-order valence-electron chi connectivity index (χ2n) is 7.06. The molecular formula is C23H24N4O3S. The summed E-state index contributed by atoms with van der Waals surface area (Å²) in [6, 6.07) is 15.4. The average Bonchev–Trinajstić information content (AvgIpc) is 3.54. The fraction of sp³-hybridized carbons (Fsp3) is 0.261. The maximum absolute atomic E-state index is 13.1. The Hall–Kier alpha value is -3.26. The van der Waals surface area contributed by atoms with Gasteiger partial charge in [-0.3, -0.25) is 4.79 Å². The van der Waals surface area contributed by atoms with E-state index < -0.39 is 0 Å². The fourth-order valence-electron chi connectivity index (χ4n) is 3.33. The van der Waals surface area contributed by atoms with Gasteiger partial charge in [-0.15, -0.1) is 10.2 Å². The summed E-state index contributed by atoms with van der Waals surface area (Å²) in [6.45, 7) is 5.58. The zero-order chi connectivity index (χ0) is 21.6. The second-order valence-corrected chi connectivity index (χ2v) is 8.01. The number of thioether (sulfide) groups is 1. The molecule has 4 rings (SSSR count). The van der Waals surface area contributed by atoms with Crippen molar-refractivity contribution in [2.45, 2.75) is 38.6 Å². The molecule has 0 aliphatic carbocycles. The maximum Gasteiger partial charge on any atom is 0.233 e. The van der Waals surface area contributed by atoms with Crippen LogP contribution >= 0.6 is 11.8 Å². The molecule has 7 nitrogen and oxygen atoms in total. The quantitative estimate of drug-likeness (QED) is 0.351. The molecule has 0 unspecified atom stereocenters. The van der Waals surface area contributed by atoms with Crippen LogP contribution in [0.5, 0.6) is 0 Å². The maximum atomic E-state index is 13.1. The molecule has 0 aliphatic rings. The standard InChI is InChI=1S/C23H24N4O3S/c1-3-27-22(20-11-5-4-8-17(20)2)24-25-23(27)31-16-21(28)26(14-18-9-6-12-29-18)15-19-10-7-13-30-19/h4-13H,3,14-16H2,1-2H3. The number of hydrogen-bond donors (Lipinski definition) is 0. The van der Waals surface area contributed by atoms with Gasteiger partial charge < -0.3 is 18.3 Å². The highest BCUT2D eigenvalue weighted by Crippen LogP contribution is 2.26. The Labute approximate surface area is 185 Å². The largest absolute Gasteiger partial charge is 0.467 e. The molecule has 0 saturated carbocycles. The number of amides is 1. The number of carbonyl (C=O) groups is 1. The van der Waals surface area contributed by atoms with E-state index in [1.54, 1.807) is 17.4 Å². The van der Waals surface area contributed by atoms with Crippen molar-refractivity contribution in [1.82, 2.24) is 19.7 Å². The predicted molar refractivity (Wildman–Crippen MR) is 118 cm³/mol. The highest BCUT2D eigenvalue weighted by molar-refractivity contribution is 7.99. The van der Waals surface area contributed by atoms with Crippen LogP contribution in [0.2, 0.25) is 0 Å². The number of rotatable bonds is 9. The minimum atomic E-state index is -0.0269. The van der Waals surface area contributed by atoms with Gasteiger partial charge in [0.2, 0.25) is 5.91 Å². The molecular weight excluding hydrogens is 412 g/mol. The molecule has 0 bridgehead atoms. The van der Waals surface area contributed by atoms with Crippen LogP contribution < -0.4 is 0 Å². The SMILES string of the molecule is CCn1c(SCC(=O)N(Cc2ccco2)Cc2ccco2)nnc1-c1ccccc1C. The van der Waals surface area contributed by atoms with Crippen molar-refractivity contribution in [3.63, 3.8) is 0 Å². The molecule has 0 aliphatic heterocycles. The number of aryl methyl sites for hydroxylation is 1. The van der Waals surface area contributed by atoms with Crippen LogP contribution in [0, 0.1) is 6.92 Å². The third-order valence-corrected chi connectivity index (χ3v) is 5.90. The van der Waals surface area contributed by atoms with E-state index in [-0.39, 0.29) is 11.7 Å². The van der Waals surface area contributed by atoms with Gasteiger partial charge in [0, 0.05) is 12.1 Å². The Kier molecular flexibility index (Phi) is 6.57. The van der Waals surface area contributed by atoms with Crippen molar-refractivity contribution >= 4 is 17.7 Å². The minimum absolute atomic E-state index is 0.0269.